The van der Waals surface area contributed by atoms with E-state index in [1.54, 1.807) is 0 Å². The zero-order valence-corrected chi connectivity index (χ0v) is 15.6. The third kappa shape index (κ3) is 48.7. The standard InChI is InChI=1S/3Ge.5Mn. The van der Waals surface area contributed by atoms with E-state index < -0.39 is 0 Å². The molecule has 47 valence electrons. The molecule has 0 unspecified atom stereocenters. The van der Waals surface area contributed by atoms with Crippen LogP contribution in [0.3, 0.4) is 0 Å². The maximum absolute atomic E-state index is 0. The second-order valence-corrected chi connectivity index (χ2v) is 0. The fourth-order valence-electron chi connectivity index (χ4n) is 0. The second-order valence-electron chi connectivity index (χ2n) is 0. The van der Waals surface area contributed by atoms with E-state index in [4.69, 9.17) is 0 Å². The largest absolute Gasteiger partial charge is 0 e. The van der Waals surface area contributed by atoms with Gasteiger partial charge in [0.2, 0.25) is 0 Å². The van der Waals surface area contributed by atoms with Gasteiger partial charge in [0, 0.05) is 138 Å². The van der Waals surface area contributed by atoms with Gasteiger partial charge in [0.25, 0.3) is 0 Å². The molecular formula is Ge3Mn5. The van der Waals surface area contributed by atoms with Gasteiger partial charge in [-0.05, 0) is 0 Å². The molecule has 8 heteroatoms. The molecule has 0 aliphatic carbocycles. The van der Waals surface area contributed by atoms with E-state index in [0.29, 0.717) is 0 Å². The quantitative estimate of drug-likeness (QED) is 0.375. The molecule has 0 aliphatic rings. The van der Waals surface area contributed by atoms with Gasteiger partial charge in [0.05, 0.1) is 0 Å². The first kappa shape index (κ1) is 86.3. The molecule has 0 N–H and O–H groups in total. The summed E-state index contributed by atoms with van der Waals surface area (Å²) in [6.45, 7) is 0. The summed E-state index contributed by atoms with van der Waals surface area (Å²) in [7, 11) is 0. The number of hydrogen-bond donors (Lipinski definition) is 0. The Morgan fingerprint density at radius 3 is 0.250 bits per heavy atom. The van der Waals surface area contributed by atoms with E-state index in [-0.39, 0.29) is 138 Å². The van der Waals surface area contributed by atoms with Crippen LogP contribution in [0.15, 0.2) is 0 Å². The molecule has 8 heavy (non-hydrogen) atoms. The molecule has 0 rings (SSSR count). The van der Waals surface area contributed by atoms with Crippen LogP contribution >= 0.6 is 0 Å². The van der Waals surface area contributed by atoms with Crippen molar-refractivity contribution in [2.45, 2.75) is 0 Å². The Morgan fingerprint density at radius 1 is 0.250 bits per heavy atom. The molecule has 17 radical (unpaired) electrons. The van der Waals surface area contributed by atoms with E-state index in [2.05, 4.69) is 0 Å². The molecule has 0 amide bonds. The summed E-state index contributed by atoms with van der Waals surface area (Å²) in [5.74, 6) is 0. The van der Waals surface area contributed by atoms with Crippen LogP contribution in [0.2, 0.25) is 0 Å². The average molecular weight is 493 g/mol. The van der Waals surface area contributed by atoms with Crippen LogP contribution in [0.5, 0.6) is 0 Å². The predicted molar refractivity (Wildman–Crippen MR) is 17.3 cm³/mol. The van der Waals surface area contributed by atoms with Gasteiger partial charge in [-0.25, -0.2) is 0 Å². The van der Waals surface area contributed by atoms with E-state index in [1.165, 1.54) is 0 Å². The van der Waals surface area contributed by atoms with Crippen molar-refractivity contribution in [3.63, 3.8) is 0 Å². The van der Waals surface area contributed by atoms with Crippen molar-refractivity contribution in [1.82, 2.24) is 0 Å². The zero-order valence-electron chi connectivity index (χ0n) is 3.39. The summed E-state index contributed by atoms with van der Waals surface area (Å²) in [5.41, 5.74) is 0. The minimum Gasteiger partial charge on any atom is 0 e. The van der Waals surface area contributed by atoms with Crippen molar-refractivity contribution >= 4 is 52.8 Å². The van der Waals surface area contributed by atoms with Crippen molar-refractivity contribution in [1.29, 1.82) is 0 Å². The van der Waals surface area contributed by atoms with Gasteiger partial charge >= 0.3 is 0 Å². The predicted octanol–water partition coefficient (Wildman–Crippen LogP) is -1.15. The summed E-state index contributed by atoms with van der Waals surface area (Å²) in [4.78, 5) is 0. The molecule has 0 aromatic carbocycles. The van der Waals surface area contributed by atoms with Crippen molar-refractivity contribution < 1.29 is 85.3 Å². The van der Waals surface area contributed by atoms with Crippen LogP contribution in [0.1, 0.15) is 0 Å². The molecule has 0 aromatic heterocycles. The summed E-state index contributed by atoms with van der Waals surface area (Å²) in [6, 6.07) is 0. The Kier molecular flexibility index (Phi) is 709. The first-order valence-electron chi connectivity index (χ1n) is 0. The Hall–Kier alpha value is 4.23. The van der Waals surface area contributed by atoms with Gasteiger partial charge in [-0.3, -0.25) is 0 Å². The molecule has 0 spiro atoms. The van der Waals surface area contributed by atoms with Crippen molar-refractivity contribution in [3.05, 3.63) is 0 Å². The van der Waals surface area contributed by atoms with E-state index in [0.717, 1.165) is 0 Å². The first-order chi connectivity index (χ1) is 0. The SMILES string of the molecule is [Ge].[Ge].[Ge].[Mn].[Mn].[Mn].[Mn].[Mn]. The van der Waals surface area contributed by atoms with Crippen LogP contribution in [0, 0.1) is 0 Å². The Labute approximate surface area is 136 Å². The van der Waals surface area contributed by atoms with Crippen molar-refractivity contribution in [2.75, 3.05) is 0 Å². The molecule has 0 bridgehead atoms. The first-order valence-corrected chi connectivity index (χ1v) is 0. The molecule has 0 aromatic rings. The second kappa shape index (κ2) is 65.7. The van der Waals surface area contributed by atoms with Gasteiger partial charge in [-0.1, -0.05) is 0 Å². The summed E-state index contributed by atoms with van der Waals surface area (Å²) < 4.78 is 0. The Bertz CT molecular complexity index is 7.64. The average Bonchev–Trinajstić information content (AvgIpc) is 0. The maximum Gasteiger partial charge on any atom is 0 e. The van der Waals surface area contributed by atoms with Crippen molar-refractivity contribution in [3.8, 4) is 0 Å². The van der Waals surface area contributed by atoms with Crippen molar-refractivity contribution in [2.24, 2.45) is 0 Å². The van der Waals surface area contributed by atoms with Crippen LogP contribution in [-0.4, -0.2) is 52.8 Å². The summed E-state index contributed by atoms with van der Waals surface area (Å²) in [6.07, 6.45) is 0. The van der Waals surface area contributed by atoms with Crippen LogP contribution in [0.25, 0.3) is 0 Å². The summed E-state index contributed by atoms with van der Waals surface area (Å²) >= 11 is 0. The molecule has 0 nitrogen and oxygen atoms in total. The summed E-state index contributed by atoms with van der Waals surface area (Å²) in [5, 5.41) is 0. The molecule has 0 atom stereocenters. The van der Waals surface area contributed by atoms with E-state index in [9.17, 15) is 0 Å². The Balaban J connectivity index is 0. The minimum absolute atomic E-state index is 0. The van der Waals surface area contributed by atoms with Crippen LogP contribution < -0.4 is 0 Å². The van der Waals surface area contributed by atoms with E-state index in [1.807, 2.05) is 0 Å². The molecule has 0 fully saturated rings. The number of hydrogen-bond acceptors (Lipinski definition) is 0. The Morgan fingerprint density at radius 2 is 0.250 bits per heavy atom. The van der Waals surface area contributed by atoms with Gasteiger partial charge in [-0.15, -0.1) is 0 Å². The van der Waals surface area contributed by atoms with Gasteiger partial charge in [-0.2, -0.15) is 0 Å². The topological polar surface area (TPSA) is 0 Å². The molecule has 0 aliphatic heterocycles. The fourth-order valence-corrected chi connectivity index (χ4v) is 0. The normalized spacial score (nSPS) is 0. The maximum atomic E-state index is 0. The molecule has 0 heterocycles. The minimum atomic E-state index is 0. The zero-order chi connectivity index (χ0) is 0. The fraction of sp³-hybridized carbons (Fsp3) is 0. The van der Waals surface area contributed by atoms with Crippen LogP contribution in [0.4, 0.5) is 0 Å². The van der Waals surface area contributed by atoms with Gasteiger partial charge < -0.3 is 0 Å². The smallest absolute Gasteiger partial charge is 0 e. The van der Waals surface area contributed by atoms with E-state index >= 15 is 0 Å². The third-order valence-corrected chi connectivity index (χ3v) is 0. The molecule has 0 saturated heterocycles. The monoisotopic (exact) mass is 496 g/mol. The number of rotatable bonds is 0. The third-order valence-electron chi connectivity index (χ3n) is 0. The molecule has 0 saturated carbocycles. The van der Waals surface area contributed by atoms with Gasteiger partial charge in [0.15, 0.2) is 0 Å². The van der Waals surface area contributed by atoms with Gasteiger partial charge in [0.1, 0.15) is 0 Å². The molecular weight excluding hydrogens is 493 g/mol. The van der Waals surface area contributed by atoms with Crippen LogP contribution in [-0.2, 0) is 85.3 Å².